The van der Waals surface area contributed by atoms with Gasteiger partial charge in [0, 0.05) is 38.3 Å². The maximum Gasteiger partial charge on any atom is 0.300 e. The highest BCUT2D eigenvalue weighted by atomic mass is 16.4. The van der Waals surface area contributed by atoms with E-state index in [0.29, 0.717) is 36.8 Å². The molecule has 0 saturated carbocycles. The Labute approximate surface area is 152 Å². The molecule has 134 valence electrons. The summed E-state index contributed by atoms with van der Waals surface area (Å²) in [5.74, 6) is 0.211. The van der Waals surface area contributed by atoms with Crippen LogP contribution in [0.1, 0.15) is 17.7 Å². The molecule has 1 aliphatic heterocycles. The van der Waals surface area contributed by atoms with E-state index < -0.39 is 0 Å². The van der Waals surface area contributed by atoms with E-state index in [1.165, 1.54) is 5.56 Å². The van der Waals surface area contributed by atoms with Crippen LogP contribution in [0.2, 0.25) is 0 Å². The van der Waals surface area contributed by atoms with E-state index in [1.807, 2.05) is 42.2 Å². The number of anilines is 1. The van der Waals surface area contributed by atoms with Gasteiger partial charge in [-0.05, 0) is 31.0 Å². The van der Waals surface area contributed by atoms with Crippen LogP contribution >= 0.6 is 0 Å². The van der Waals surface area contributed by atoms with Crippen LogP contribution in [-0.4, -0.2) is 47.0 Å². The maximum atomic E-state index is 12.5. The van der Waals surface area contributed by atoms with Crippen LogP contribution in [0, 0.1) is 6.92 Å². The number of rotatable bonds is 4. The van der Waals surface area contributed by atoms with Gasteiger partial charge in [-0.15, -0.1) is 0 Å². The second-order valence-corrected chi connectivity index (χ2v) is 6.62. The molecule has 1 amide bonds. The standard InChI is InChI=1S/C20H22N4O2/c1-15-7-9-17-19(21-15)22-20(26-17)24-13-11-23(12-14-24)18(25)10-8-16-5-3-2-4-6-16/h2-7,9H,8,10-14H2,1H3. The van der Waals surface area contributed by atoms with Gasteiger partial charge < -0.3 is 14.2 Å². The van der Waals surface area contributed by atoms with E-state index in [9.17, 15) is 4.79 Å². The normalized spacial score (nSPS) is 14.8. The number of aromatic nitrogens is 2. The highest BCUT2D eigenvalue weighted by Crippen LogP contribution is 2.22. The molecular weight excluding hydrogens is 328 g/mol. The van der Waals surface area contributed by atoms with E-state index in [4.69, 9.17) is 4.42 Å². The molecule has 6 nitrogen and oxygen atoms in total. The minimum Gasteiger partial charge on any atom is -0.422 e. The third-order valence-corrected chi connectivity index (χ3v) is 4.75. The van der Waals surface area contributed by atoms with E-state index >= 15 is 0 Å². The van der Waals surface area contributed by atoms with Crippen molar-refractivity contribution in [3.05, 3.63) is 53.7 Å². The number of benzene rings is 1. The Kier molecular flexibility index (Phi) is 4.56. The molecule has 1 aliphatic rings. The zero-order valence-corrected chi connectivity index (χ0v) is 14.9. The molecule has 0 radical (unpaired) electrons. The Morgan fingerprint density at radius 3 is 2.58 bits per heavy atom. The molecule has 0 spiro atoms. The number of hydrogen-bond acceptors (Lipinski definition) is 5. The van der Waals surface area contributed by atoms with Gasteiger partial charge in [-0.25, -0.2) is 4.98 Å². The summed E-state index contributed by atoms with van der Waals surface area (Å²) in [5.41, 5.74) is 3.47. The number of pyridine rings is 1. The molecule has 26 heavy (non-hydrogen) atoms. The number of oxazole rings is 1. The van der Waals surface area contributed by atoms with Crippen LogP contribution in [0.15, 0.2) is 46.9 Å². The molecule has 4 rings (SSSR count). The summed E-state index contributed by atoms with van der Waals surface area (Å²) >= 11 is 0. The fraction of sp³-hybridized carbons (Fsp3) is 0.350. The van der Waals surface area contributed by atoms with Crippen molar-refractivity contribution >= 4 is 23.2 Å². The van der Waals surface area contributed by atoms with Gasteiger partial charge >= 0.3 is 0 Å². The lowest BCUT2D eigenvalue weighted by atomic mass is 10.1. The van der Waals surface area contributed by atoms with Gasteiger partial charge in [-0.2, -0.15) is 4.98 Å². The molecule has 1 aromatic carbocycles. The predicted molar refractivity (Wildman–Crippen MR) is 100 cm³/mol. The van der Waals surface area contributed by atoms with E-state index in [2.05, 4.69) is 27.0 Å². The van der Waals surface area contributed by atoms with Crippen LogP contribution in [0.25, 0.3) is 11.2 Å². The lowest BCUT2D eigenvalue weighted by Gasteiger charge is -2.33. The molecule has 0 bridgehead atoms. The smallest absolute Gasteiger partial charge is 0.300 e. The summed E-state index contributed by atoms with van der Waals surface area (Å²) < 4.78 is 5.81. The summed E-state index contributed by atoms with van der Waals surface area (Å²) in [7, 11) is 0. The van der Waals surface area contributed by atoms with Gasteiger partial charge in [0.15, 0.2) is 5.58 Å². The number of carbonyl (C=O) groups excluding carboxylic acids is 1. The number of fused-ring (bicyclic) bond motifs is 1. The van der Waals surface area contributed by atoms with Gasteiger partial charge in [0.05, 0.1) is 0 Å². The molecule has 3 heterocycles. The van der Waals surface area contributed by atoms with Crippen LogP contribution in [0.3, 0.4) is 0 Å². The van der Waals surface area contributed by atoms with Gasteiger partial charge in [-0.3, -0.25) is 4.79 Å². The van der Waals surface area contributed by atoms with Crippen molar-refractivity contribution in [2.45, 2.75) is 19.8 Å². The fourth-order valence-corrected chi connectivity index (χ4v) is 3.24. The molecule has 2 aromatic heterocycles. The topological polar surface area (TPSA) is 62.5 Å². The molecule has 6 heteroatoms. The number of hydrogen-bond donors (Lipinski definition) is 0. The van der Waals surface area contributed by atoms with Crippen molar-refractivity contribution < 1.29 is 9.21 Å². The van der Waals surface area contributed by atoms with Crippen molar-refractivity contribution in [2.75, 3.05) is 31.1 Å². The molecule has 0 N–H and O–H groups in total. The summed E-state index contributed by atoms with van der Waals surface area (Å²) in [4.78, 5) is 25.3. The van der Waals surface area contributed by atoms with E-state index in [-0.39, 0.29) is 5.91 Å². The molecular formula is C20H22N4O2. The molecule has 0 aliphatic carbocycles. The lowest BCUT2D eigenvalue weighted by Crippen LogP contribution is -2.49. The highest BCUT2D eigenvalue weighted by molar-refractivity contribution is 5.77. The molecule has 0 atom stereocenters. The second-order valence-electron chi connectivity index (χ2n) is 6.62. The van der Waals surface area contributed by atoms with Crippen molar-refractivity contribution in [1.82, 2.24) is 14.9 Å². The average Bonchev–Trinajstić information content (AvgIpc) is 3.10. The Hall–Kier alpha value is -2.89. The maximum absolute atomic E-state index is 12.5. The van der Waals surface area contributed by atoms with Crippen molar-refractivity contribution in [1.29, 1.82) is 0 Å². The third-order valence-electron chi connectivity index (χ3n) is 4.75. The van der Waals surface area contributed by atoms with Crippen LogP contribution in [0.5, 0.6) is 0 Å². The minimum absolute atomic E-state index is 0.211. The first kappa shape index (κ1) is 16.6. The summed E-state index contributed by atoms with van der Waals surface area (Å²) in [5, 5.41) is 0. The number of amides is 1. The largest absolute Gasteiger partial charge is 0.422 e. The second kappa shape index (κ2) is 7.15. The summed E-state index contributed by atoms with van der Waals surface area (Å²) in [6.07, 6.45) is 1.34. The fourth-order valence-electron chi connectivity index (χ4n) is 3.24. The quantitative estimate of drug-likeness (QED) is 0.724. The van der Waals surface area contributed by atoms with Crippen molar-refractivity contribution in [3.63, 3.8) is 0 Å². The Morgan fingerprint density at radius 1 is 1.04 bits per heavy atom. The van der Waals surface area contributed by atoms with Gasteiger partial charge in [0.2, 0.25) is 11.6 Å². The first-order chi connectivity index (χ1) is 12.7. The molecule has 3 aromatic rings. The molecule has 1 fully saturated rings. The lowest BCUT2D eigenvalue weighted by molar-refractivity contribution is -0.131. The summed E-state index contributed by atoms with van der Waals surface area (Å²) in [6, 6.07) is 14.5. The molecule has 1 saturated heterocycles. The number of piperazine rings is 1. The Morgan fingerprint density at radius 2 is 1.81 bits per heavy atom. The zero-order valence-electron chi connectivity index (χ0n) is 14.9. The summed E-state index contributed by atoms with van der Waals surface area (Å²) in [6.45, 7) is 4.77. The van der Waals surface area contributed by atoms with Crippen molar-refractivity contribution in [2.24, 2.45) is 0 Å². The van der Waals surface area contributed by atoms with Gasteiger partial charge in [-0.1, -0.05) is 30.3 Å². The van der Waals surface area contributed by atoms with E-state index in [1.54, 1.807) is 0 Å². The monoisotopic (exact) mass is 350 g/mol. The average molecular weight is 350 g/mol. The Balaban J connectivity index is 1.33. The van der Waals surface area contributed by atoms with Crippen LogP contribution < -0.4 is 4.90 Å². The van der Waals surface area contributed by atoms with Crippen LogP contribution in [-0.2, 0) is 11.2 Å². The zero-order chi connectivity index (χ0) is 17.9. The van der Waals surface area contributed by atoms with Gasteiger partial charge in [0.1, 0.15) is 0 Å². The highest BCUT2D eigenvalue weighted by Gasteiger charge is 2.24. The first-order valence-corrected chi connectivity index (χ1v) is 9.00. The SMILES string of the molecule is Cc1ccc2oc(N3CCN(C(=O)CCc4ccccc4)CC3)nc2n1. The number of carbonyl (C=O) groups is 1. The number of aryl methyl sites for hydroxylation is 2. The third kappa shape index (κ3) is 3.54. The minimum atomic E-state index is 0.211. The first-order valence-electron chi connectivity index (χ1n) is 9.00. The van der Waals surface area contributed by atoms with Crippen LogP contribution in [0.4, 0.5) is 6.01 Å². The van der Waals surface area contributed by atoms with E-state index in [0.717, 1.165) is 25.2 Å². The molecule has 0 unspecified atom stereocenters. The van der Waals surface area contributed by atoms with Gasteiger partial charge in [0.25, 0.3) is 6.01 Å². The predicted octanol–water partition coefficient (Wildman–Crippen LogP) is 2.81. The Bertz CT molecular complexity index is 899. The number of nitrogens with zero attached hydrogens (tertiary/aromatic N) is 4. The van der Waals surface area contributed by atoms with Crippen molar-refractivity contribution in [3.8, 4) is 0 Å².